The Bertz CT molecular complexity index is 1240. The zero-order valence-electron chi connectivity index (χ0n) is 21.4. The summed E-state index contributed by atoms with van der Waals surface area (Å²) in [5, 5.41) is 12.1. The minimum Gasteiger partial charge on any atom is -0.504 e. The first kappa shape index (κ1) is 25.6. The molecule has 186 valence electrons. The third-order valence-electron chi connectivity index (χ3n) is 6.70. The molecule has 0 heterocycles. The van der Waals surface area contributed by atoms with Gasteiger partial charge in [-0.2, -0.15) is 0 Å². The average Bonchev–Trinajstić information content (AvgIpc) is 2.93. The molecule has 4 aromatic rings. The fourth-order valence-electron chi connectivity index (χ4n) is 4.42. The second-order valence-corrected chi connectivity index (χ2v) is 10.8. The first-order valence-electron chi connectivity index (χ1n) is 12.2. The summed E-state index contributed by atoms with van der Waals surface area (Å²) in [6.07, 6.45) is 0.852. The Morgan fingerprint density at radius 2 is 1.39 bits per heavy atom. The molecular weight excluding hydrogens is 465 g/mol. The summed E-state index contributed by atoms with van der Waals surface area (Å²) in [5.74, 6) is 1.29. The van der Waals surface area contributed by atoms with E-state index in [-0.39, 0.29) is 10.9 Å². The summed E-state index contributed by atoms with van der Waals surface area (Å²) in [5.41, 5.74) is 4.40. The fourth-order valence-corrected chi connectivity index (χ4v) is 6.02. The standard InChI is InChI=1S/C31H34NO3P/c1-5-31(2,27-20-26(34-3)21-28(35-4)30(27)33)36-29-19-13-12-14-23(29)22-32(24-15-8-6-9-16-24)25-17-10-7-11-18-25/h6-21,33,36H,5,22H2,1-4H3. The van der Waals surface area contributed by atoms with Crippen molar-refractivity contribution < 1.29 is 14.6 Å². The molecule has 0 aliphatic carbocycles. The first-order chi connectivity index (χ1) is 17.5. The average molecular weight is 500 g/mol. The number of para-hydroxylation sites is 2. The maximum absolute atomic E-state index is 11.1. The van der Waals surface area contributed by atoms with Crippen molar-refractivity contribution in [2.45, 2.75) is 32.0 Å². The number of aromatic hydroxyl groups is 1. The highest BCUT2D eigenvalue weighted by atomic mass is 31.1. The summed E-state index contributed by atoms with van der Waals surface area (Å²) in [4.78, 5) is 2.35. The van der Waals surface area contributed by atoms with Gasteiger partial charge in [-0.3, -0.25) is 0 Å². The number of rotatable bonds is 10. The van der Waals surface area contributed by atoms with Gasteiger partial charge in [0.05, 0.1) is 14.2 Å². The quantitative estimate of drug-likeness (QED) is 0.231. The maximum atomic E-state index is 11.1. The van der Waals surface area contributed by atoms with Crippen LogP contribution in [0.1, 0.15) is 31.4 Å². The lowest BCUT2D eigenvalue weighted by molar-refractivity contribution is 0.357. The molecule has 2 unspecified atom stereocenters. The first-order valence-corrected chi connectivity index (χ1v) is 13.2. The van der Waals surface area contributed by atoms with Crippen molar-refractivity contribution in [3.05, 3.63) is 108 Å². The molecule has 5 heteroatoms. The summed E-state index contributed by atoms with van der Waals surface area (Å²) in [7, 11) is 3.64. The Balaban J connectivity index is 1.73. The summed E-state index contributed by atoms with van der Waals surface area (Å²) in [6.45, 7) is 5.12. The van der Waals surface area contributed by atoms with Crippen LogP contribution in [-0.4, -0.2) is 19.3 Å². The van der Waals surface area contributed by atoms with Crippen LogP contribution in [0, 0.1) is 0 Å². The van der Waals surface area contributed by atoms with Crippen LogP contribution in [0.2, 0.25) is 0 Å². The molecule has 0 saturated carbocycles. The molecule has 0 aliphatic heterocycles. The number of methoxy groups -OCH3 is 2. The van der Waals surface area contributed by atoms with Gasteiger partial charge in [-0.05, 0) is 47.6 Å². The van der Waals surface area contributed by atoms with Gasteiger partial charge in [-0.25, -0.2) is 0 Å². The van der Waals surface area contributed by atoms with Gasteiger partial charge >= 0.3 is 0 Å². The van der Waals surface area contributed by atoms with Crippen LogP contribution in [-0.2, 0) is 11.7 Å². The number of anilines is 2. The van der Waals surface area contributed by atoms with Crippen molar-refractivity contribution in [2.24, 2.45) is 0 Å². The van der Waals surface area contributed by atoms with E-state index in [0.717, 1.165) is 29.9 Å². The van der Waals surface area contributed by atoms with Crippen molar-refractivity contribution in [1.29, 1.82) is 0 Å². The third-order valence-corrected chi connectivity index (χ3v) is 8.63. The number of phenols is 1. The summed E-state index contributed by atoms with van der Waals surface area (Å²) < 4.78 is 11.0. The van der Waals surface area contributed by atoms with E-state index in [4.69, 9.17) is 9.47 Å². The molecule has 0 aromatic heterocycles. The van der Waals surface area contributed by atoms with E-state index in [1.54, 1.807) is 20.3 Å². The maximum Gasteiger partial charge on any atom is 0.164 e. The molecule has 0 spiro atoms. The Morgan fingerprint density at radius 3 is 1.94 bits per heavy atom. The summed E-state index contributed by atoms with van der Waals surface area (Å²) >= 11 is 0. The molecule has 4 aromatic carbocycles. The van der Waals surface area contributed by atoms with E-state index in [0.29, 0.717) is 20.1 Å². The number of hydrogen-bond acceptors (Lipinski definition) is 4. The van der Waals surface area contributed by atoms with Crippen molar-refractivity contribution >= 4 is 25.3 Å². The molecule has 0 radical (unpaired) electrons. The predicted molar refractivity (Wildman–Crippen MR) is 152 cm³/mol. The van der Waals surface area contributed by atoms with E-state index in [1.807, 2.05) is 18.2 Å². The van der Waals surface area contributed by atoms with Crippen LogP contribution in [0.5, 0.6) is 17.2 Å². The number of ether oxygens (including phenoxy) is 2. The molecule has 0 fully saturated rings. The molecule has 4 nitrogen and oxygen atoms in total. The Hall–Kier alpha value is -3.49. The van der Waals surface area contributed by atoms with Crippen LogP contribution in [0.15, 0.2) is 97.1 Å². The SMILES string of the molecule is CCC(C)(Pc1ccccc1CN(c1ccccc1)c1ccccc1)c1cc(OC)cc(OC)c1O. The van der Waals surface area contributed by atoms with Gasteiger partial charge in [0, 0.05) is 34.7 Å². The highest BCUT2D eigenvalue weighted by Crippen LogP contribution is 2.51. The van der Waals surface area contributed by atoms with Crippen molar-refractivity contribution in [1.82, 2.24) is 0 Å². The van der Waals surface area contributed by atoms with E-state index in [9.17, 15) is 5.11 Å². The normalized spacial score (nSPS) is 12.9. The van der Waals surface area contributed by atoms with E-state index >= 15 is 0 Å². The largest absolute Gasteiger partial charge is 0.504 e. The molecule has 0 amide bonds. The monoisotopic (exact) mass is 499 g/mol. The Kier molecular flexibility index (Phi) is 8.18. The van der Waals surface area contributed by atoms with Crippen molar-refractivity contribution in [3.8, 4) is 17.2 Å². The lowest BCUT2D eigenvalue weighted by atomic mass is 9.95. The Morgan fingerprint density at radius 1 is 0.806 bits per heavy atom. The van der Waals surface area contributed by atoms with Gasteiger partial charge in [0.1, 0.15) is 5.75 Å². The van der Waals surface area contributed by atoms with Crippen LogP contribution < -0.4 is 19.7 Å². The molecule has 1 N–H and O–H groups in total. The highest BCUT2D eigenvalue weighted by molar-refractivity contribution is 7.48. The highest BCUT2D eigenvalue weighted by Gasteiger charge is 2.31. The zero-order chi connectivity index (χ0) is 25.5. The molecule has 0 saturated heterocycles. The zero-order valence-corrected chi connectivity index (χ0v) is 22.4. The van der Waals surface area contributed by atoms with Crippen LogP contribution in [0.3, 0.4) is 0 Å². The Labute approximate surface area is 216 Å². The topological polar surface area (TPSA) is 41.9 Å². The number of phenolic OH excluding ortho intramolecular Hbond substituents is 1. The number of hydrogen-bond donors (Lipinski definition) is 1. The van der Waals surface area contributed by atoms with Crippen molar-refractivity contribution in [2.75, 3.05) is 19.1 Å². The molecule has 36 heavy (non-hydrogen) atoms. The molecule has 4 rings (SSSR count). The number of nitrogens with zero attached hydrogens (tertiary/aromatic N) is 1. The van der Waals surface area contributed by atoms with Gasteiger partial charge in [0.2, 0.25) is 0 Å². The van der Waals surface area contributed by atoms with Gasteiger partial charge in [0.15, 0.2) is 11.5 Å². The van der Waals surface area contributed by atoms with Crippen molar-refractivity contribution in [3.63, 3.8) is 0 Å². The lowest BCUT2D eigenvalue weighted by Gasteiger charge is -2.32. The minimum absolute atomic E-state index is 0.183. The van der Waals surface area contributed by atoms with Gasteiger partial charge in [0.25, 0.3) is 0 Å². The number of benzene rings is 4. The fraction of sp³-hybridized carbons (Fsp3) is 0.226. The van der Waals surface area contributed by atoms with Crippen LogP contribution in [0.4, 0.5) is 11.4 Å². The van der Waals surface area contributed by atoms with Crippen LogP contribution in [0.25, 0.3) is 0 Å². The molecule has 2 atom stereocenters. The predicted octanol–water partition coefficient (Wildman–Crippen LogP) is 7.38. The molecular formula is C31H34NO3P. The van der Waals surface area contributed by atoms with E-state index in [1.165, 1.54) is 10.9 Å². The lowest BCUT2D eigenvalue weighted by Crippen LogP contribution is -2.24. The third kappa shape index (κ3) is 5.50. The minimum atomic E-state index is -0.299. The van der Waals surface area contributed by atoms with Gasteiger partial charge in [-0.15, -0.1) is 0 Å². The van der Waals surface area contributed by atoms with Crippen LogP contribution >= 0.6 is 8.58 Å². The second-order valence-electron chi connectivity index (χ2n) is 8.95. The van der Waals surface area contributed by atoms with E-state index in [2.05, 4.69) is 91.5 Å². The summed E-state index contributed by atoms with van der Waals surface area (Å²) in [6, 6.07) is 33.3. The molecule has 0 aliphatic rings. The second kappa shape index (κ2) is 11.5. The van der Waals surface area contributed by atoms with Gasteiger partial charge in [-0.1, -0.05) is 83.1 Å². The van der Waals surface area contributed by atoms with E-state index < -0.39 is 0 Å². The van der Waals surface area contributed by atoms with Gasteiger partial charge < -0.3 is 19.5 Å². The molecule has 0 bridgehead atoms. The smallest absolute Gasteiger partial charge is 0.164 e.